The molecule has 29 heavy (non-hydrogen) atoms. The van der Waals surface area contributed by atoms with E-state index >= 15 is 0 Å². The molecular formula is C21H21N3O5. The van der Waals surface area contributed by atoms with Crippen LogP contribution in [-0.4, -0.2) is 59.6 Å². The number of pyridine rings is 1. The van der Waals surface area contributed by atoms with E-state index in [-0.39, 0.29) is 48.6 Å². The van der Waals surface area contributed by atoms with Crippen LogP contribution >= 0.6 is 0 Å². The van der Waals surface area contributed by atoms with Gasteiger partial charge in [-0.2, -0.15) is 5.26 Å². The van der Waals surface area contributed by atoms with E-state index in [0.29, 0.717) is 37.1 Å². The molecule has 0 bridgehead atoms. The lowest BCUT2D eigenvalue weighted by molar-refractivity contribution is -0.0152. The average Bonchev–Trinajstić information content (AvgIpc) is 2.76. The molecule has 0 radical (unpaired) electrons. The Bertz CT molecular complexity index is 925. The summed E-state index contributed by atoms with van der Waals surface area (Å²) in [6.07, 6.45) is 2.81. The number of nitriles is 1. The minimum absolute atomic E-state index is 0.0631. The third-order valence-corrected chi connectivity index (χ3v) is 4.67. The first kappa shape index (κ1) is 20.3. The number of aromatic hydroxyl groups is 1. The van der Waals surface area contributed by atoms with Crippen LogP contribution in [-0.2, 0) is 11.2 Å². The van der Waals surface area contributed by atoms with Crippen molar-refractivity contribution in [3.8, 4) is 17.6 Å². The standard InChI is InChI=1S/C21H21N3O5/c22-8-2-5-18-16(4-3-9-23-18)21(27)24-10-11-28-13-15(24)14-29-20-7-1-6-19(26)17(20)12-25/h1,3-4,6-7,9,12,15,26H,2,5,10-11,13-14H2. The molecule has 1 fully saturated rings. The van der Waals surface area contributed by atoms with Gasteiger partial charge in [0, 0.05) is 25.6 Å². The monoisotopic (exact) mass is 395 g/mol. The number of rotatable bonds is 7. The smallest absolute Gasteiger partial charge is 0.256 e. The van der Waals surface area contributed by atoms with Crippen LogP contribution in [0.5, 0.6) is 11.5 Å². The van der Waals surface area contributed by atoms with Crippen LogP contribution in [0.2, 0.25) is 0 Å². The van der Waals surface area contributed by atoms with Gasteiger partial charge in [0.1, 0.15) is 18.1 Å². The Labute approximate surface area is 168 Å². The summed E-state index contributed by atoms with van der Waals surface area (Å²) >= 11 is 0. The van der Waals surface area contributed by atoms with E-state index in [1.165, 1.54) is 6.07 Å². The molecule has 3 rings (SSSR count). The van der Waals surface area contributed by atoms with Gasteiger partial charge in [-0.3, -0.25) is 14.6 Å². The summed E-state index contributed by atoms with van der Waals surface area (Å²) in [5.74, 6) is -0.119. The number of hydrogen-bond acceptors (Lipinski definition) is 7. The van der Waals surface area contributed by atoms with Gasteiger partial charge in [0.05, 0.1) is 42.1 Å². The Morgan fingerprint density at radius 3 is 3.07 bits per heavy atom. The average molecular weight is 395 g/mol. The lowest BCUT2D eigenvalue weighted by atomic mass is 10.1. The number of hydrogen-bond donors (Lipinski definition) is 1. The van der Waals surface area contributed by atoms with E-state index in [4.69, 9.17) is 14.7 Å². The lowest BCUT2D eigenvalue weighted by Crippen LogP contribution is -2.51. The van der Waals surface area contributed by atoms with Gasteiger partial charge in [0.25, 0.3) is 5.91 Å². The Hall–Kier alpha value is -3.44. The molecule has 1 atom stereocenters. The molecule has 2 aromatic rings. The van der Waals surface area contributed by atoms with Gasteiger partial charge in [-0.25, -0.2) is 0 Å². The highest BCUT2D eigenvalue weighted by atomic mass is 16.5. The van der Waals surface area contributed by atoms with E-state index in [2.05, 4.69) is 11.1 Å². The third-order valence-electron chi connectivity index (χ3n) is 4.67. The van der Waals surface area contributed by atoms with Crippen molar-refractivity contribution in [2.45, 2.75) is 18.9 Å². The van der Waals surface area contributed by atoms with Crippen molar-refractivity contribution in [1.82, 2.24) is 9.88 Å². The van der Waals surface area contributed by atoms with Crippen LogP contribution in [0.4, 0.5) is 0 Å². The Balaban J connectivity index is 1.77. The maximum Gasteiger partial charge on any atom is 0.256 e. The lowest BCUT2D eigenvalue weighted by Gasteiger charge is -2.35. The summed E-state index contributed by atoms with van der Waals surface area (Å²) in [7, 11) is 0. The molecule has 1 amide bonds. The van der Waals surface area contributed by atoms with Gasteiger partial charge in [-0.05, 0) is 24.3 Å². The second-order valence-corrected chi connectivity index (χ2v) is 6.50. The van der Waals surface area contributed by atoms with Gasteiger partial charge in [0.15, 0.2) is 6.29 Å². The molecule has 1 unspecified atom stereocenters. The molecule has 0 saturated carbocycles. The van der Waals surface area contributed by atoms with Crippen LogP contribution in [0.15, 0.2) is 36.5 Å². The predicted molar refractivity (Wildman–Crippen MR) is 103 cm³/mol. The van der Waals surface area contributed by atoms with Crippen LogP contribution in [0.1, 0.15) is 32.8 Å². The molecule has 8 nitrogen and oxygen atoms in total. The molecule has 0 spiro atoms. The highest BCUT2D eigenvalue weighted by Gasteiger charge is 2.30. The molecule has 1 aromatic heterocycles. The fourth-order valence-electron chi connectivity index (χ4n) is 3.18. The Morgan fingerprint density at radius 1 is 1.41 bits per heavy atom. The number of carbonyl (C=O) groups excluding carboxylic acids is 2. The minimum atomic E-state index is -0.373. The maximum absolute atomic E-state index is 13.2. The zero-order chi connectivity index (χ0) is 20.6. The van der Waals surface area contributed by atoms with Crippen molar-refractivity contribution in [3.63, 3.8) is 0 Å². The first-order valence-electron chi connectivity index (χ1n) is 9.25. The zero-order valence-corrected chi connectivity index (χ0v) is 15.8. The SMILES string of the molecule is N#CCCc1ncccc1C(=O)N1CCOCC1COc1cccc(O)c1C=O. The zero-order valence-electron chi connectivity index (χ0n) is 15.8. The molecule has 0 aliphatic carbocycles. The second kappa shape index (κ2) is 9.66. The van der Waals surface area contributed by atoms with Crippen LogP contribution < -0.4 is 4.74 Å². The van der Waals surface area contributed by atoms with Gasteiger partial charge < -0.3 is 19.5 Å². The molecule has 1 N–H and O–H groups in total. The molecule has 2 heterocycles. The number of phenolic OH excluding ortho intramolecular Hbond substituents is 1. The highest BCUT2D eigenvalue weighted by molar-refractivity contribution is 5.95. The molecule has 150 valence electrons. The largest absolute Gasteiger partial charge is 0.507 e. The topological polar surface area (TPSA) is 113 Å². The summed E-state index contributed by atoms with van der Waals surface area (Å²) in [5, 5.41) is 18.6. The van der Waals surface area contributed by atoms with Crippen molar-refractivity contribution in [3.05, 3.63) is 53.3 Å². The maximum atomic E-state index is 13.2. The second-order valence-electron chi connectivity index (χ2n) is 6.50. The van der Waals surface area contributed by atoms with Crippen molar-refractivity contribution in [2.24, 2.45) is 0 Å². The van der Waals surface area contributed by atoms with Gasteiger partial charge in [-0.1, -0.05) is 6.07 Å². The quantitative estimate of drug-likeness (QED) is 0.713. The molecule has 8 heteroatoms. The number of benzene rings is 1. The van der Waals surface area contributed by atoms with Crippen molar-refractivity contribution in [1.29, 1.82) is 5.26 Å². The number of ether oxygens (including phenoxy) is 2. The number of aromatic nitrogens is 1. The molecule has 1 saturated heterocycles. The Kier molecular flexibility index (Phi) is 6.76. The van der Waals surface area contributed by atoms with Gasteiger partial charge in [0.2, 0.25) is 0 Å². The van der Waals surface area contributed by atoms with E-state index in [9.17, 15) is 14.7 Å². The number of morpholine rings is 1. The van der Waals surface area contributed by atoms with E-state index < -0.39 is 0 Å². The van der Waals surface area contributed by atoms with Crippen molar-refractivity contribution in [2.75, 3.05) is 26.4 Å². The number of amides is 1. The normalized spacial score (nSPS) is 16.1. The van der Waals surface area contributed by atoms with Crippen molar-refractivity contribution < 1.29 is 24.2 Å². The Morgan fingerprint density at radius 2 is 2.28 bits per heavy atom. The summed E-state index contributed by atoms with van der Waals surface area (Å²) < 4.78 is 11.2. The highest BCUT2D eigenvalue weighted by Crippen LogP contribution is 2.26. The van der Waals surface area contributed by atoms with Crippen LogP contribution in [0, 0.1) is 11.3 Å². The fourth-order valence-corrected chi connectivity index (χ4v) is 3.18. The summed E-state index contributed by atoms with van der Waals surface area (Å²) in [6.45, 7) is 1.18. The van der Waals surface area contributed by atoms with Crippen molar-refractivity contribution >= 4 is 12.2 Å². The first-order chi connectivity index (χ1) is 14.2. The molecule has 1 aliphatic heterocycles. The molecular weight excluding hydrogens is 374 g/mol. The molecule has 1 aromatic carbocycles. The number of phenols is 1. The minimum Gasteiger partial charge on any atom is -0.507 e. The summed E-state index contributed by atoms with van der Waals surface area (Å²) in [4.78, 5) is 30.3. The first-order valence-corrected chi connectivity index (χ1v) is 9.25. The van der Waals surface area contributed by atoms with E-state index in [1.54, 1.807) is 35.4 Å². The van der Waals surface area contributed by atoms with Crippen LogP contribution in [0.25, 0.3) is 0 Å². The van der Waals surface area contributed by atoms with E-state index in [1.807, 2.05) is 0 Å². The molecule has 1 aliphatic rings. The van der Waals surface area contributed by atoms with Gasteiger partial charge in [-0.15, -0.1) is 0 Å². The predicted octanol–water partition coefficient (Wildman–Crippen LogP) is 1.98. The fraction of sp³-hybridized carbons (Fsp3) is 0.333. The number of aryl methyl sites for hydroxylation is 1. The summed E-state index contributed by atoms with van der Waals surface area (Å²) in [5.41, 5.74) is 1.11. The summed E-state index contributed by atoms with van der Waals surface area (Å²) in [6, 6.07) is 9.66. The number of aldehydes is 1. The number of nitrogens with zero attached hydrogens (tertiary/aromatic N) is 3. The van der Waals surface area contributed by atoms with Gasteiger partial charge >= 0.3 is 0 Å². The number of carbonyl (C=O) groups is 2. The van der Waals surface area contributed by atoms with E-state index in [0.717, 1.165) is 0 Å². The van der Waals surface area contributed by atoms with Crippen LogP contribution in [0.3, 0.4) is 0 Å². The third kappa shape index (κ3) is 4.70.